The summed E-state index contributed by atoms with van der Waals surface area (Å²) in [6.07, 6.45) is -0.907. The number of hydrogen-bond acceptors (Lipinski definition) is 4. The first-order valence-corrected chi connectivity index (χ1v) is 7.90. The summed E-state index contributed by atoms with van der Waals surface area (Å²) < 4.78 is 12.8. The Morgan fingerprint density at radius 2 is 2.04 bits per heavy atom. The molecule has 2 aromatic carbocycles. The maximum Gasteiger partial charge on any atom is 0.251 e. The van der Waals surface area contributed by atoms with Gasteiger partial charge in [-0.2, -0.15) is 5.26 Å². The summed E-state index contributed by atoms with van der Waals surface area (Å²) in [6, 6.07) is 14.4. The molecule has 6 heteroatoms. The lowest BCUT2D eigenvalue weighted by Gasteiger charge is -2.12. The van der Waals surface area contributed by atoms with Gasteiger partial charge in [-0.05, 0) is 35.9 Å². The third-order valence-electron chi connectivity index (χ3n) is 3.11. The van der Waals surface area contributed by atoms with Crippen molar-refractivity contribution in [2.75, 3.05) is 12.3 Å². The van der Waals surface area contributed by atoms with Crippen molar-refractivity contribution in [1.29, 1.82) is 5.26 Å². The number of carbonyl (C=O) groups excluding carboxylic acids is 1. The smallest absolute Gasteiger partial charge is 0.251 e. The van der Waals surface area contributed by atoms with Crippen LogP contribution in [0.2, 0.25) is 0 Å². The number of aliphatic hydroxyl groups excluding tert-OH is 1. The molecule has 2 rings (SSSR count). The number of benzene rings is 2. The van der Waals surface area contributed by atoms with Crippen molar-refractivity contribution in [3.8, 4) is 6.07 Å². The number of amides is 1. The molecule has 0 bridgehead atoms. The van der Waals surface area contributed by atoms with E-state index in [2.05, 4.69) is 5.32 Å². The van der Waals surface area contributed by atoms with Crippen LogP contribution in [-0.4, -0.2) is 23.3 Å². The fourth-order valence-electron chi connectivity index (χ4n) is 1.94. The van der Waals surface area contributed by atoms with Crippen LogP contribution in [-0.2, 0) is 0 Å². The first-order chi connectivity index (χ1) is 11.1. The molecular formula is C17H15FN2O2S. The van der Waals surface area contributed by atoms with Gasteiger partial charge in [-0.3, -0.25) is 4.79 Å². The summed E-state index contributed by atoms with van der Waals surface area (Å²) in [5.41, 5.74) is 0.990. The van der Waals surface area contributed by atoms with Gasteiger partial charge in [0, 0.05) is 17.0 Å². The minimum Gasteiger partial charge on any atom is -0.387 e. The van der Waals surface area contributed by atoms with Crippen molar-refractivity contribution in [2.45, 2.75) is 11.0 Å². The number of thioether (sulfide) groups is 1. The summed E-state index contributed by atoms with van der Waals surface area (Å²) >= 11 is 1.35. The molecule has 2 aromatic rings. The summed E-state index contributed by atoms with van der Waals surface area (Å²) in [5.74, 6) is -0.379. The van der Waals surface area contributed by atoms with Gasteiger partial charge in [0.1, 0.15) is 5.82 Å². The lowest BCUT2D eigenvalue weighted by Crippen LogP contribution is -2.28. The average molecular weight is 330 g/mol. The number of nitrogens with one attached hydrogen (secondary N) is 1. The standard InChI is InChI=1S/C17H15FN2O2S/c18-14-6-4-12(5-7-14)16(21)11-20-17(22)13-2-1-3-15(10-13)23-9-8-19/h1-7,10,16,21H,9,11H2,(H,20,22). The number of hydrogen-bond donors (Lipinski definition) is 2. The quantitative estimate of drug-likeness (QED) is 0.799. The van der Waals surface area contributed by atoms with E-state index in [1.165, 1.54) is 36.0 Å². The highest BCUT2D eigenvalue weighted by Crippen LogP contribution is 2.19. The molecule has 4 nitrogen and oxygen atoms in total. The third-order valence-corrected chi connectivity index (χ3v) is 3.97. The number of carbonyl (C=O) groups is 1. The maximum atomic E-state index is 12.8. The summed E-state index contributed by atoms with van der Waals surface area (Å²) in [4.78, 5) is 12.9. The van der Waals surface area contributed by atoms with Crippen LogP contribution in [0.3, 0.4) is 0 Å². The van der Waals surface area contributed by atoms with Gasteiger partial charge in [-0.1, -0.05) is 18.2 Å². The normalized spacial score (nSPS) is 11.5. The predicted molar refractivity (Wildman–Crippen MR) is 86.5 cm³/mol. The van der Waals surface area contributed by atoms with E-state index in [0.717, 1.165) is 4.90 Å². The van der Waals surface area contributed by atoms with Gasteiger partial charge in [-0.15, -0.1) is 11.8 Å². The number of rotatable bonds is 6. The van der Waals surface area contributed by atoms with E-state index in [-0.39, 0.29) is 18.3 Å². The average Bonchev–Trinajstić information content (AvgIpc) is 2.58. The molecule has 1 atom stereocenters. The summed E-state index contributed by atoms with van der Waals surface area (Å²) in [7, 11) is 0. The Labute approximate surface area is 138 Å². The minimum atomic E-state index is -0.907. The van der Waals surface area contributed by atoms with Crippen LogP contribution in [0.1, 0.15) is 22.0 Å². The monoisotopic (exact) mass is 330 g/mol. The van der Waals surface area contributed by atoms with Gasteiger partial charge < -0.3 is 10.4 Å². The second kappa shape index (κ2) is 8.32. The van der Waals surface area contributed by atoms with Gasteiger partial charge in [0.05, 0.1) is 17.9 Å². The predicted octanol–water partition coefficient (Wildman–Crippen LogP) is 2.90. The Bertz CT molecular complexity index is 713. The molecule has 0 spiro atoms. The Morgan fingerprint density at radius 3 is 2.74 bits per heavy atom. The van der Waals surface area contributed by atoms with Crippen molar-refractivity contribution >= 4 is 17.7 Å². The Kier molecular flexibility index (Phi) is 6.15. The van der Waals surface area contributed by atoms with Gasteiger partial charge in [-0.25, -0.2) is 4.39 Å². The molecule has 118 valence electrons. The zero-order valence-electron chi connectivity index (χ0n) is 12.2. The molecule has 0 radical (unpaired) electrons. The van der Waals surface area contributed by atoms with Crippen LogP contribution in [0.25, 0.3) is 0 Å². The molecule has 0 fully saturated rings. The van der Waals surface area contributed by atoms with Crippen molar-refractivity contribution in [3.63, 3.8) is 0 Å². The minimum absolute atomic E-state index is 0.0278. The maximum absolute atomic E-state index is 12.8. The molecule has 0 aliphatic rings. The van der Waals surface area contributed by atoms with Crippen molar-refractivity contribution in [1.82, 2.24) is 5.32 Å². The van der Waals surface area contributed by atoms with Crippen molar-refractivity contribution in [2.24, 2.45) is 0 Å². The molecule has 0 aromatic heterocycles. The lowest BCUT2D eigenvalue weighted by atomic mass is 10.1. The van der Waals surface area contributed by atoms with E-state index in [9.17, 15) is 14.3 Å². The highest BCUT2D eigenvalue weighted by molar-refractivity contribution is 7.99. The Balaban J connectivity index is 1.94. The summed E-state index contributed by atoms with van der Waals surface area (Å²) in [6.45, 7) is 0.0278. The first kappa shape index (κ1) is 17.0. The van der Waals surface area contributed by atoms with Gasteiger partial charge in [0.25, 0.3) is 5.91 Å². The molecule has 1 unspecified atom stereocenters. The second-order valence-electron chi connectivity index (χ2n) is 4.75. The highest BCUT2D eigenvalue weighted by atomic mass is 32.2. The SMILES string of the molecule is N#CCSc1cccc(C(=O)NCC(O)c2ccc(F)cc2)c1. The van der Waals surface area contributed by atoms with E-state index in [4.69, 9.17) is 5.26 Å². The van der Waals surface area contributed by atoms with Crippen LogP contribution in [0.15, 0.2) is 53.4 Å². The summed E-state index contributed by atoms with van der Waals surface area (Å²) in [5, 5.41) is 21.2. The number of nitriles is 1. The second-order valence-corrected chi connectivity index (χ2v) is 5.80. The van der Waals surface area contributed by atoms with E-state index >= 15 is 0 Å². The van der Waals surface area contributed by atoms with E-state index in [0.29, 0.717) is 16.9 Å². The van der Waals surface area contributed by atoms with Gasteiger partial charge in [0.2, 0.25) is 0 Å². The molecule has 2 N–H and O–H groups in total. The van der Waals surface area contributed by atoms with E-state index in [1.807, 2.05) is 12.1 Å². The number of aliphatic hydroxyl groups is 1. The zero-order chi connectivity index (χ0) is 16.7. The van der Waals surface area contributed by atoms with Crippen LogP contribution in [0.4, 0.5) is 4.39 Å². The number of halogens is 1. The molecule has 1 amide bonds. The number of nitrogens with zero attached hydrogens (tertiary/aromatic N) is 1. The topological polar surface area (TPSA) is 73.1 Å². The van der Waals surface area contributed by atoms with Crippen LogP contribution in [0, 0.1) is 17.1 Å². The van der Waals surface area contributed by atoms with E-state index < -0.39 is 6.10 Å². The fourth-order valence-corrected chi connectivity index (χ4v) is 2.55. The molecular weight excluding hydrogens is 315 g/mol. The largest absolute Gasteiger partial charge is 0.387 e. The fraction of sp³-hybridized carbons (Fsp3) is 0.176. The highest BCUT2D eigenvalue weighted by Gasteiger charge is 2.11. The van der Waals surface area contributed by atoms with Crippen molar-refractivity contribution < 1.29 is 14.3 Å². The zero-order valence-corrected chi connectivity index (χ0v) is 13.0. The van der Waals surface area contributed by atoms with Crippen LogP contribution < -0.4 is 5.32 Å². The lowest BCUT2D eigenvalue weighted by molar-refractivity contribution is 0.0916. The van der Waals surface area contributed by atoms with Crippen LogP contribution >= 0.6 is 11.8 Å². The third kappa shape index (κ3) is 5.09. The first-order valence-electron chi connectivity index (χ1n) is 6.91. The molecule has 23 heavy (non-hydrogen) atoms. The Morgan fingerprint density at radius 1 is 1.30 bits per heavy atom. The van der Waals surface area contributed by atoms with Gasteiger partial charge >= 0.3 is 0 Å². The van der Waals surface area contributed by atoms with Crippen molar-refractivity contribution in [3.05, 3.63) is 65.5 Å². The molecule has 0 aliphatic carbocycles. The molecule has 0 heterocycles. The van der Waals surface area contributed by atoms with Crippen LogP contribution in [0.5, 0.6) is 0 Å². The van der Waals surface area contributed by atoms with E-state index in [1.54, 1.807) is 18.2 Å². The molecule has 0 saturated heterocycles. The molecule has 0 saturated carbocycles. The Hall–Kier alpha value is -2.36. The molecule has 0 aliphatic heterocycles. The van der Waals surface area contributed by atoms with Gasteiger partial charge in [0.15, 0.2) is 0 Å².